The number of nitriles is 2. The molecule has 1 aromatic carbocycles. The Bertz CT molecular complexity index is 1050. The maximum absolute atomic E-state index is 12.1. The maximum atomic E-state index is 12.1. The summed E-state index contributed by atoms with van der Waals surface area (Å²) in [6, 6.07) is 5.58. The van der Waals surface area contributed by atoms with E-state index in [-0.39, 0.29) is 12.2 Å². The topological polar surface area (TPSA) is 119 Å². The van der Waals surface area contributed by atoms with Gasteiger partial charge in [0.05, 0.1) is 27.7 Å². The Hall–Kier alpha value is -2.66. The highest BCUT2D eigenvalue weighted by atomic mass is 32.2. The molecule has 176 valence electrons. The van der Waals surface area contributed by atoms with E-state index < -0.39 is 23.1 Å². The number of ether oxygens (including phenoxy) is 4. The standard InChI is InChI=1S/C23H26N2O6S2/c1-13(20(27)29-7)30-17-15(22(2,3)4)8-16(31-23(5,11-26)12-28-6)18-19(17)33-21(32-18)14(9-24)10-25/h8,11,13H,12H2,1-7H3. The lowest BCUT2D eigenvalue weighted by atomic mass is 9.86. The number of aldehydes is 1. The first kappa shape index (κ1) is 26.6. The van der Waals surface area contributed by atoms with E-state index in [0.717, 1.165) is 5.56 Å². The lowest BCUT2D eigenvalue weighted by Gasteiger charge is -2.30. The second-order valence-electron chi connectivity index (χ2n) is 8.50. The summed E-state index contributed by atoms with van der Waals surface area (Å²) in [7, 11) is 2.75. The van der Waals surface area contributed by atoms with Crippen LogP contribution < -0.4 is 9.47 Å². The Labute approximate surface area is 202 Å². The molecule has 0 aliphatic carbocycles. The number of carbonyl (C=O) groups is 2. The van der Waals surface area contributed by atoms with Gasteiger partial charge in [-0.05, 0) is 25.3 Å². The van der Waals surface area contributed by atoms with Crippen LogP contribution in [0.25, 0.3) is 0 Å². The van der Waals surface area contributed by atoms with E-state index in [9.17, 15) is 20.1 Å². The zero-order valence-corrected chi connectivity index (χ0v) is 21.2. The molecular weight excluding hydrogens is 464 g/mol. The fraction of sp³-hybridized carbons (Fsp3) is 0.478. The van der Waals surface area contributed by atoms with E-state index in [1.807, 2.05) is 32.9 Å². The van der Waals surface area contributed by atoms with Crippen LogP contribution in [0.3, 0.4) is 0 Å². The average Bonchev–Trinajstić information content (AvgIpc) is 3.20. The Morgan fingerprint density at radius 3 is 2.24 bits per heavy atom. The molecule has 1 heterocycles. The molecular formula is C23H26N2O6S2. The number of hydrogen-bond donors (Lipinski definition) is 0. The first-order chi connectivity index (χ1) is 15.4. The number of benzene rings is 1. The molecule has 2 unspecified atom stereocenters. The van der Waals surface area contributed by atoms with Gasteiger partial charge in [0.2, 0.25) is 0 Å². The molecule has 2 atom stereocenters. The summed E-state index contributed by atoms with van der Waals surface area (Å²) in [5.41, 5.74) is -1.03. The van der Waals surface area contributed by atoms with Gasteiger partial charge in [0.15, 0.2) is 18.0 Å². The number of fused-ring (bicyclic) bond motifs is 1. The molecule has 0 bridgehead atoms. The van der Waals surface area contributed by atoms with Crippen LogP contribution in [0.1, 0.15) is 40.2 Å². The van der Waals surface area contributed by atoms with Crippen LogP contribution in [0.15, 0.2) is 25.7 Å². The lowest BCUT2D eigenvalue weighted by Crippen LogP contribution is -2.39. The second kappa shape index (κ2) is 10.5. The minimum absolute atomic E-state index is 0.0237. The summed E-state index contributed by atoms with van der Waals surface area (Å²) in [6.07, 6.45) is -0.228. The molecule has 0 fully saturated rings. The Kier molecular flexibility index (Phi) is 8.47. The third-order valence-corrected chi connectivity index (χ3v) is 7.24. The van der Waals surface area contributed by atoms with Gasteiger partial charge in [0, 0.05) is 12.7 Å². The van der Waals surface area contributed by atoms with E-state index in [1.165, 1.54) is 37.7 Å². The summed E-state index contributed by atoms with van der Waals surface area (Å²) in [6.45, 7) is 9.13. The van der Waals surface area contributed by atoms with Gasteiger partial charge < -0.3 is 18.9 Å². The molecule has 0 saturated carbocycles. The van der Waals surface area contributed by atoms with Crippen LogP contribution in [0.5, 0.6) is 11.5 Å². The molecule has 2 rings (SSSR count). The highest BCUT2D eigenvalue weighted by Gasteiger charge is 2.37. The number of methoxy groups -OCH3 is 2. The number of rotatable bonds is 8. The molecule has 0 N–H and O–H groups in total. The van der Waals surface area contributed by atoms with Crippen LogP contribution in [0, 0.1) is 22.7 Å². The average molecular weight is 491 g/mol. The minimum Gasteiger partial charge on any atom is -0.477 e. The van der Waals surface area contributed by atoms with Crippen molar-refractivity contribution in [3.8, 4) is 23.6 Å². The molecule has 0 spiro atoms. The zero-order chi connectivity index (χ0) is 25.0. The van der Waals surface area contributed by atoms with Gasteiger partial charge >= 0.3 is 5.97 Å². The molecule has 1 aliphatic heterocycles. The van der Waals surface area contributed by atoms with Gasteiger partial charge in [0.1, 0.15) is 29.2 Å². The van der Waals surface area contributed by atoms with Crippen molar-refractivity contribution in [2.75, 3.05) is 20.8 Å². The van der Waals surface area contributed by atoms with Gasteiger partial charge in [-0.3, -0.25) is 4.79 Å². The molecule has 33 heavy (non-hydrogen) atoms. The fourth-order valence-electron chi connectivity index (χ4n) is 2.98. The smallest absolute Gasteiger partial charge is 0.346 e. The van der Waals surface area contributed by atoms with E-state index in [1.54, 1.807) is 19.9 Å². The van der Waals surface area contributed by atoms with Crippen LogP contribution in [-0.2, 0) is 24.5 Å². The summed E-state index contributed by atoms with van der Waals surface area (Å²) >= 11 is 2.38. The summed E-state index contributed by atoms with van der Waals surface area (Å²) in [5, 5.41) is 18.8. The molecule has 0 aromatic heterocycles. The molecule has 0 radical (unpaired) electrons. The van der Waals surface area contributed by atoms with Crippen molar-refractivity contribution >= 4 is 35.8 Å². The monoisotopic (exact) mass is 490 g/mol. The predicted molar refractivity (Wildman–Crippen MR) is 124 cm³/mol. The summed E-state index contributed by atoms with van der Waals surface area (Å²) < 4.78 is 22.6. The normalized spacial score (nSPS) is 15.4. The van der Waals surface area contributed by atoms with Crippen LogP contribution in [0.4, 0.5) is 0 Å². The molecule has 0 amide bonds. The quantitative estimate of drug-likeness (QED) is 0.295. The molecule has 0 saturated heterocycles. The summed E-state index contributed by atoms with van der Waals surface area (Å²) in [4.78, 5) is 25.1. The lowest BCUT2D eigenvalue weighted by molar-refractivity contribution is -0.148. The summed E-state index contributed by atoms with van der Waals surface area (Å²) in [5.74, 6) is 0.283. The second-order valence-corrected chi connectivity index (χ2v) is 10.8. The Morgan fingerprint density at radius 1 is 1.15 bits per heavy atom. The van der Waals surface area contributed by atoms with Crippen molar-refractivity contribution in [1.29, 1.82) is 10.5 Å². The Balaban J connectivity index is 2.80. The predicted octanol–water partition coefficient (Wildman–Crippen LogP) is 4.36. The van der Waals surface area contributed by atoms with Crippen molar-refractivity contribution in [3.63, 3.8) is 0 Å². The van der Waals surface area contributed by atoms with Gasteiger partial charge in [-0.2, -0.15) is 10.5 Å². The molecule has 1 aromatic rings. The highest BCUT2D eigenvalue weighted by molar-refractivity contribution is 8.24. The van der Waals surface area contributed by atoms with Crippen molar-refractivity contribution in [1.82, 2.24) is 0 Å². The number of thioether (sulfide) groups is 2. The third-order valence-electron chi connectivity index (χ3n) is 4.63. The van der Waals surface area contributed by atoms with Crippen molar-refractivity contribution in [2.45, 2.75) is 61.5 Å². The number of hydrogen-bond acceptors (Lipinski definition) is 10. The SMILES string of the molecule is COCC(C)(C=O)Oc1cc(C(C)(C)C)c(OC(C)C(=O)OC)c2c1SC(=C(C#N)C#N)S2. The first-order valence-corrected chi connectivity index (χ1v) is 11.6. The zero-order valence-electron chi connectivity index (χ0n) is 19.6. The first-order valence-electron chi connectivity index (χ1n) is 9.95. The van der Waals surface area contributed by atoms with Gasteiger partial charge in [-0.25, -0.2) is 4.79 Å². The van der Waals surface area contributed by atoms with Crippen molar-refractivity contribution in [2.24, 2.45) is 0 Å². The van der Waals surface area contributed by atoms with E-state index in [2.05, 4.69) is 0 Å². The highest BCUT2D eigenvalue weighted by Crippen LogP contribution is 2.61. The van der Waals surface area contributed by atoms with Crippen molar-refractivity contribution in [3.05, 3.63) is 21.4 Å². The van der Waals surface area contributed by atoms with Gasteiger partial charge in [-0.15, -0.1) is 0 Å². The third kappa shape index (κ3) is 5.83. The molecule has 10 heteroatoms. The van der Waals surface area contributed by atoms with Crippen molar-refractivity contribution < 1.29 is 28.5 Å². The number of allylic oxidation sites excluding steroid dienone is 1. The van der Waals surface area contributed by atoms with E-state index >= 15 is 0 Å². The van der Waals surface area contributed by atoms with Gasteiger partial charge in [0.25, 0.3) is 0 Å². The number of esters is 1. The number of nitrogens with zero attached hydrogens (tertiary/aromatic N) is 2. The van der Waals surface area contributed by atoms with E-state index in [0.29, 0.717) is 31.8 Å². The van der Waals surface area contributed by atoms with Crippen LogP contribution in [-0.4, -0.2) is 44.8 Å². The number of carbonyl (C=O) groups excluding carboxylic acids is 2. The largest absolute Gasteiger partial charge is 0.477 e. The van der Waals surface area contributed by atoms with Crippen LogP contribution in [0.2, 0.25) is 0 Å². The molecule has 8 nitrogen and oxygen atoms in total. The minimum atomic E-state index is -1.26. The van der Waals surface area contributed by atoms with E-state index in [4.69, 9.17) is 18.9 Å². The van der Waals surface area contributed by atoms with Gasteiger partial charge in [-0.1, -0.05) is 44.3 Å². The Morgan fingerprint density at radius 2 is 1.76 bits per heavy atom. The van der Waals surface area contributed by atoms with Crippen LogP contribution >= 0.6 is 23.5 Å². The molecule has 1 aliphatic rings. The fourth-order valence-corrected chi connectivity index (χ4v) is 5.48. The maximum Gasteiger partial charge on any atom is 0.346 e.